The fourth-order valence-electron chi connectivity index (χ4n) is 1.95. The van der Waals surface area contributed by atoms with Gasteiger partial charge in [0, 0.05) is 11.5 Å². The van der Waals surface area contributed by atoms with Crippen LogP contribution >= 0.6 is 21.6 Å². The summed E-state index contributed by atoms with van der Waals surface area (Å²) in [5.74, 6) is 2.04. The second-order valence-corrected chi connectivity index (χ2v) is 12.4. The highest BCUT2D eigenvalue weighted by molar-refractivity contribution is 8.76. The highest BCUT2D eigenvalue weighted by atomic mass is 33.1. The Hall–Kier alpha value is 0.520. The third kappa shape index (κ3) is 13.8. The Labute approximate surface area is 154 Å². The molecule has 0 aliphatic heterocycles. The molecule has 0 spiro atoms. The summed E-state index contributed by atoms with van der Waals surface area (Å²) in [6.45, 7) is 3.05. The second-order valence-electron chi connectivity index (χ2n) is 5.99. The molecule has 2 unspecified atom stereocenters. The molecule has 2 N–H and O–H groups in total. The predicted octanol–water partition coefficient (Wildman–Crippen LogP) is 4.04. The Balaban J connectivity index is 3.35. The van der Waals surface area contributed by atoms with Gasteiger partial charge >= 0.3 is 0 Å². The molecule has 0 heterocycles. The molecule has 0 aliphatic carbocycles. The van der Waals surface area contributed by atoms with Crippen molar-refractivity contribution in [2.24, 2.45) is 0 Å². The molecule has 0 radical (unpaired) electrons. The maximum Gasteiger partial charge on any atom is 0.267 e. The Morgan fingerprint density at radius 1 is 0.667 bits per heavy atom. The number of unbranched alkanes of at least 4 members (excludes halogenated alkanes) is 4. The van der Waals surface area contributed by atoms with Crippen molar-refractivity contribution in [1.29, 1.82) is 0 Å². The van der Waals surface area contributed by atoms with Crippen molar-refractivity contribution >= 4 is 41.8 Å². The smallest absolute Gasteiger partial charge is 0.267 e. The monoisotopic (exact) mass is 422 g/mol. The molecule has 0 aliphatic rings. The van der Waals surface area contributed by atoms with Crippen LogP contribution in [0.2, 0.25) is 0 Å². The Morgan fingerprint density at radius 2 is 1.00 bits per heavy atom. The van der Waals surface area contributed by atoms with E-state index in [0.29, 0.717) is 12.8 Å². The zero-order valence-corrected chi connectivity index (χ0v) is 17.7. The zero-order chi connectivity index (χ0) is 18.6. The molecule has 0 aromatic carbocycles. The van der Waals surface area contributed by atoms with Crippen LogP contribution in [0.5, 0.6) is 0 Å². The van der Waals surface area contributed by atoms with Gasteiger partial charge in [-0.25, -0.2) is 0 Å². The van der Waals surface area contributed by atoms with E-state index in [-0.39, 0.29) is 0 Å². The average molecular weight is 423 g/mol. The zero-order valence-electron chi connectivity index (χ0n) is 14.4. The van der Waals surface area contributed by atoms with Crippen LogP contribution in [0, 0.1) is 0 Å². The molecule has 0 rings (SSSR count). The SMILES string of the molecule is CC(CCCCCSSCCCCCC(C)S(=O)(=O)O)S(=O)(=O)O. The summed E-state index contributed by atoms with van der Waals surface area (Å²) in [5, 5.41) is -1.36. The van der Waals surface area contributed by atoms with Gasteiger partial charge in [0.1, 0.15) is 0 Å². The van der Waals surface area contributed by atoms with Gasteiger partial charge in [-0.1, -0.05) is 47.3 Å². The molecule has 2 atom stereocenters. The van der Waals surface area contributed by atoms with E-state index in [9.17, 15) is 16.8 Å². The molecule has 0 aromatic rings. The molecule has 0 amide bonds. The number of rotatable bonds is 15. The lowest BCUT2D eigenvalue weighted by atomic mass is 10.2. The average Bonchev–Trinajstić information content (AvgIpc) is 2.45. The summed E-state index contributed by atoms with van der Waals surface area (Å²) >= 11 is 0. The lowest BCUT2D eigenvalue weighted by Gasteiger charge is -2.08. The minimum atomic E-state index is -3.89. The predicted molar refractivity (Wildman–Crippen MR) is 104 cm³/mol. The van der Waals surface area contributed by atoms with Gasteiger partial charge in [0.15, 0.2) is 0 Å². The van der Waals surface area contributed by atoms with Crippen molar-refractivity contribution in [3.63, 3.8) is 0 Å². The maximum absolute atomic E-state index is 10.8. The summed E-state index contributed by atoms with van der Waals surface area (Å²) < 4.78 is 61.0. The van der Waals surface area contributed by atoms with E-state index in [1.54, 1.807) is 21.6 Å². The van der Waals surface area contributed by atoms with Crippen LogP contribution in [-0.4, -0.2) is 47.9 Å². The van der Waals surface area contributed by atoms with E-state index in [2.05, 4.69) is 0 Å². The van der Waals surface area contributed by atoms with Crippen molar-refractivity contribution in [2.75, 3.05) is 11.5 Å². The van der Waals surface area contributed by atoms with Crippen LogP contribution in [0.15, 0.2) is 0 Å². The largest absolute Gasteiger partial charge is 0.285 e. The summed E-state index contributed by atoms with van der Waals surface area (Å²) in [5.41, 5.74) is 0. The Morgan fingerprint density at radius 3 is 1.29 bits per heavy atom. The lowest BCUT2D eigenvalue weighted by Crippen LogP contribution is -2.16. The summed E-state index contributed by atoms with van der Waals surface area (Å²) in [6.07, 6.45) is 6.58. The van der Waals surface area contributed by atoms with E-state index in [0.717, 1.165) is 50.0 Å². The quantitative estimate of drug-likeness (QED) is 0.231. The van der Waals surface area contributed by atoms with Crippen molar-refractivity contribution in [3.8, 4) is 0 Å². The molecule has 0 bridgehead atoms. The lowest BCUT2D eigenvalue weighted by molar-refractivity contribution is 0.461. The van der Waals surface area contributed by atoms with Crippen LogP contribution in [0.25, 0.3) is 0 Å². The van der Waals surface area contributed by atoms with E-state index >= 15 is 0 Å². The van der Waals surface area contributed by atoms with Crippen LogP contribution in [0.1, 0.15) is 65.2 Å². The minimum Gasteiger partial charge on any atom is -0.285 e. The summed E-state index contributed by atoms with van der Waals surface area (Å²) in [7, 11) is -4.17. The minimum absolute atomic E-state index is 0.499. The molecule has 0 fully saturated rings. The third-order valence-corrected chi connectivity index (χ3v) is 8.86. The number of hydrogen-bond acceptors (Lipinski definition) is 6. The fraction of sp³-hybridized carbons (Fsp3) is 1.00. The van der Waals surface area contributed by atoms with Crippen molar-refractivity contribution in [2.45, 2.75) is 75.7 Å². The Kier molecular flexibility index (Phi) is 13.1. The normalized spacial score (nSPS) is 15.3. The molecule has 0 aromatic heterocycles. The van der Waals surface area contributed by atoms with Crippen molar-refractivity contribution in [3.05, 3.63) is 0 Å². The first-order chi connectivity index (χ1) is 11.0. The van der Waals surface area contributed by atoms with Gasteiger partial charge in [0.05, 0.1) is 10.5 Å². The van der Waals surface area contributed by atoms with Gasteiger partial charge in [-0.3, -0.25) is 9.11 Å². The van der Waals surface area contributed by atoms with E-state index in [4.69, 9.17) is 9.11 Å². The van der Waals surface area contributed by atoms with E-state index in [1.165, 1.54) is 13.8 Å². The van der Waals surface area contributed by atoms with E-state index < -0.39 is 30.7 Å². The topological polar surface area (TPSA) is 109 Å². The molecule has 6 nitrogen and oxygen atoms in total. The van der Waals surface area contributed by atoms with Gasteiger partial charge in [0.2, 0.25) is 0 Å². The molecule has 24 heavy (non-hydrogen) atoms. The van der Waals surface area contributed by atoms with Crippen LogP contribution in [0.4, 0.5) is 0 Å². The summed E-state index contributed by atoms with van der Waals surface area (Å²) in [4.78, 5) is 0. The van der Waals surface area contributed by atoms with Crippen LogP contribution < -0.4 is 0 Å². The molecule has 10 heteroatoms. The highest BCUT2D eigenvalue weighted by Crippen LogP contribution is 2.25. The highest BCUT2D eigenvalue weighted by Gasteiger charge is 2.16. The van der Waals surface area contributed by atoms with Crippen LogP contribution in [-0.2, 0) is 20.2 Å². The van der Waals surface area contributed by atoms with Crippen LogP contribution in [0.3, 0.4) is 0 Å². The molecular weight excluding hydrogens is 392 g/mol. The van der Waals surface area contributed by atoms with E-state index in [1.807, 2.05) is 0 Å². The van der Waals surface area contributed by atoms with Gasteiger partial charge in [-0.15, -0.1) is 0 Å². The molecule has 0 saturated carbocycles. The first-order valence-corrected chi connectivity index (χ1v) is 13.7. The first kappa shape index (κ1) is 24.5. The number of hydrogen-bond donors (Lipinski definition) is 2. The molecular formula is C14H30O6S4. The Bertz CT molecular complexity index is 469. The van der Waals surface area contributed by atoms with Gasteiger partial charge < -0.3 is 0 Å². The van der Waals surface area contributed by atoms with Gasteiger partial charge in [-0.2, -0.15) is 16.8 Å². The first-order valence-electron chi connectivity index (χ1n) is 8.22. The third-order valence-electron chi connectivity index (χ3n) is 3.78. The van der Waals surface area contributed by atoms with Crippen molar-refractivity contribution in [1.82, 2.24) is 0 Å². The maximum atomic E-state index is 10.8. The second kappa shape index (κ2) is 12.8. The summed E-state index contributed by atoms with van der Waals surface area (Å²) in [6, 6.07) is 0. The molecule has 146 valence electrons. The standard InChI is InChI=1S/C14H30O6S4/c1-13(23(15,16)17)9-5-3-7-11-21-22-12-8-4-6-10-14(2)24(18,19)20/h13-14H,3-12H2,1-2H3,(H,15,16,17)(H,18,19,20). The van der Waals surface area contributed by atoms with Gasteiger partial charge in [0.25, 0.3) is 20.2 Å². The van der Waals surface area contributed by atoms with Crippen molar-refractivity contribution < 1.29 is 25.9 Å². The molecule has 0 saturated heterocycles. The van der Waals surface area contributed by atoms with Gasteiger partial charge in [-0.05, 0) is 39.5 Å². The fourth-order valence-corrected chi connectivity index (χ4v) is 5.18.